The number of carbonyl (C=O) groups is 1. The third-order valence-corrected chi connectivity index (χ3v) is 2.26. The van der Waals surface area contributed by atoms with E-state index in [2.05, 4.69) is 10.1 Å². The van der Waals surface area contributed by atoms with Crippen LogP contribution in [0.15, 0.2) is 0 Å². The van der Waals surface area contributed by atoms with Crippen molar-refractivity contribution in [2.45, 2.75) is 18.3 Å². The van der Waals surface area contributed by atoms with Gasteiger partial charge in [0.2, 0.25) is 0 Å². The first-order valence-corrected chi connectivity index (χ1v) is 4.13. The average Bonchev–Trinajstić information content (AvgIpc) is 2.05. The van der Waals surface area contributed by atoms with Crippen molar-refractivity contribution in [3.05, 3.63) is 0 Å². The maximum atomic E-state index is 11.0. The first kappa shape index (κ1) is 8.81. The van der Waals surface area contributed by atoms with Gasteiger partial charge in [-0.1, -0.05) is 0 Å². The maximum absolute atomic E-state index is 11.0. The van der Waals surface area contributed by atoms with E-state index in [0.29, 0.717) is 6.54 Å². The fourth-order valence-corrected chi connectivity index (χ4v) is 1.40. The summed E-state index contributed by atoms with van der Waals surface area (Å²) in [4.78, 5) is 11.0. The molecule has 0 saturated carbocycles. The lowest BCUT2D eigenvalue weighted by atomic mass is 10.00. The van der Waals surface area contributed by atoms with Crippen LogP contribution in [0, 0.1) is 5.92 Å². The highest BCUT2D eigenvalue weighted by atomic mass is 35.5. The Balaban J connectivity index is 2.33. The van der Waals surface area contributed by atoms with Gasteiger partial charge in [-0.05, 0) is 12.8 Å². The third-order valence-electron chi connectivity index (χ3n) is 1.89. The topological polar surface area (TPSA) is 38.3 Å². The Bertz CT molecular complexity index is 143. The third kappa shape index (κ3) is 2.34. The van der Waals surface area contributed by atoms with Gasteiger partial charge in [0.15, 0.2) is 0 Å². The maximum Gasteiger partial charge on any atom is 0.309 e. The lowest BCUT2D eigenvalue weighted by Gasteiger charge is -2.24. The molecule has 0 aromatic rings. The van der Waals surface area contributed by atoms with E-state index >= 15 is 0 Å². The number of rotatable bonds is 1. The zero-order valence-corrected chi connectivity index (χ0v) is 7.23. The van der Waals surface area contributed by atoms with Crippen LogP contribution >= 0.6 is 11.6 Å². The quantitative estimate of drug-likeness (QED) is 0.365. The zero-order valence-electron chi connectivity index (χ0n) is 6.47. The number of alkyl halides is 1. The van der Waals surface area contributed by atoms with Crippen molar-refractivity contribution in [1.29, 1.82) is 0 Å². The van der Waals surface area contributed by atoms with Crippen LogP contribution < -0.4 is 5.32 Å². The number of halogens is 1. The van der Waals surface area contributed by atoms with E-state index in [-0.39, 0.29) is 17.4 Å². The molecule has 64 valence electrons. The molecule has 0 aromatic carbocycles. The van der Waals surface area contributed by atoms with Crippen LogP contribution in [0.5, 0.6) is 0 Å². The van der Waals surface area contributed by atoms with Gasteiger partial charge in [0.25, 0.3) is 0 Å². The predicted octanol–water partition coefficient (Wildman–Crippen LogP) is 0.724. The minimum absolute atomic E-state index is 0.00463. The summed E-state index contributed by atoms with van der Waals surface area (Å²) in [6.45, 7) is 0.640. The highest BCUT2D eigenvalue weighted by molar-refractivity contribution is 6.20. The van der Waals surface area contributed by atoms with E-state index in [1.165, 1.54) is 7.11 Å². The largest absolute Gasteiger partial charge is 0.469 e. The van der Waals surface area contributed by atoms with Gasteiger partial charge in [-0.2, -0.15) is 0 Å². The molecule has 1 aliphatic heterocycles. The van der Waals surface area contributed by atoms with Crippen LogP contribution in [-0.4, -0.2) is 25.1 Å². The van der Waals surface area contributed by atoms with Crippen molar-refractivity contribution in [2.75, 3.05) is 13.7 Å². The number of hydrogen-bond acceptors (Lipinski definition) is 3. The number of methoxy groups -OCH3 is 1. The van der Waals surface area contributed by atoms with Crippen molar-refractivity contribution in [2.24, 2.45) is 5.92 Å². The fraction of sp³-hybridized carbons (Fsp3) is 0.857. The molecule has 0 bridgehead atoms. The summed E-state index contributed by atoms with van der Waals surface area (Å²) in [5.74, 6) is -0.143. The smallest absolute Gasteiger partial charge is 0.309 e. The lowest BCUT2D eigenvalue weighted by Crippen LogP contribution is -2.39. The van der Waals surface area contributed by atoms with Crippen LogP contribution in [-0.2, 0) is 9.53 Å². The van der Waals surface area contributed by atoms with E-state index < -0.39 is 0 Å². The average molecular weight is 178 g/mol. The number of ether oxygens (including phenoxy) is 1. The predicted molar refractivity (Wildman–Crippen MR) is 42.4 cm³/mol. The summed E-state index contributed by atoms with van der Waals surface area (Å²) in [6, 6.07) is 0. The first-order valence-electron chi connectivity index (χ1n) is 3.69. The van der Waals surface area contributed by atoms with Crippen LogP contribution in [0.3, 0.4) is 0 Å². The summed E-state index contributed by atoms with van der Waals surface area (Å²) in [6.07, 6.45) is 1.66. The minimum atomic E-state index is -0.138. The Labute approximate surface area is 71.1 Å². The van der Waals surface area contributed by atoms with E-state index in [1.54, 1.807) is 0 Å². The summed E-state index contributed by atoms with van der Waals surface area (Å²) >= 11 is 5.77. The van der Waals surface area contributed by atoms with Gasteiger partial charge < -0.3 is 10.1 Å². The van der Waals surface area contributed by atoms with E-state index in [0.717, 1.165) is 12.8 Å². The molecule has 1 rings (SSSR count). The molecule has 4 heteroatoms. The van der Waals surface area contributed by atoms with E-state index in [1.807, 2.05) is 0 Å². The summed E-state index contributed by atoms with van der Waals surface area (Å²) in [5.41, 5.74) is 0.0240. The molecule has 1 saturated heterocycles. The monoisotopic (exact) mass is 177 g/mol. The van der Waals surface area contributed by atoms with Crippen LogP contribution in [0.1, 0.15) is 12.8 Å². The molecule has 2 unspecified atom stereocenters. The molecule has 2 atom stereocenters. The zero-order chi connectivity index (χ0) is 8.27. The number of carbonyl (C=O) groups excluding carboxylic acids is 1. The Kier molecular flexibility index (Phi) is 3.15. The molecule has 0 aromatic heterocycles. The van der Waals surface area contributed by atoms with E-state index in [9.17, 15) is 4.79 Å². The molecule has 1 aliphatic rings. The van der Waals surface area contributed by atoms with Gasteiger partial charge in [-0.25, -0.2) is 0 Å². The molecule has 0 amide bonds. The molecule has 11 heavy (non-hydrogen) atoms. The Morgan fingerprint density at radius 3 is 2.82 bits per heavy atom. The van der Waals surface area contributed by atoms with Crippen molar-refractivity contribution in [3.8, 4) is 0 Å². The molecule has 1 heterocycles. The lowest BCUT2D eigenvalue weighted by molar-refractivity contribution is -0.146. The standard InChI is InChI=1S/C7H12ClNO2/c1-11-7(10)5-2-3-6(8)9-4-5/h5-6,9H,2-4H2,1H3. The fourth-order valence-electron chi connectivity index (χ4n) is 1.19. The van der Waals surface area contributed by atoms with Crippen LogP contribution in [0.25, 0.3) is 0 Å². The highest BCUT2D eigenvalue weighted by Gasteiger charge is 2.24. The molecule has 1 N–H and O–H groups in total. The van der Waals surface area contributed by atoms with Gasteiger partial charge in [0, 0.05) is 6.54 Å². The van der Waals surface area contributed by atoms with Gasteiger partial charge >= 0.3 is 5.97 Å². The SMILES string of the molecule is COC(=O)C1CCC(Cl)NC1. The second-order valence-corrected chi connectivity index (χ2v) is 3.20. The number of esters is 1. The van der Waals surface area contributed by atoms with Crippen molar-refractivity contribution in [3.63, 3.8) is 0 Å². The van der Waals surface area contributed by atoms with Gasteiger partial charge in [0.1, 0.15) is 0 Å². The van der Waals surface area contributed by atoms with Gasteiger partial charge in [-0.15, -0.1) is 11.6 Å². The normalized spacial score (nSPS) is 31.5. The molecule has 0 spiro atoms. The summed E-state index contributed by atoms with van der Waals surface area (Å²) in [5, 5.41) is 3.01. The van der Waals surface area contributed by atoms with Crippen molar-refractivity contribution >= 4 is 17.6 Å². The Morgan fingerprint density at radius 2 is 2.36 bits per heavy atom. The van der Waals surface area contributed by atoms with Crippen LogP contribution in [0.4, 0.5) is 0 Å². The van der Waals surface area contributed by atoms with Crippen molar-refractivity contribution in [1.82, 2.24) is 5.32 Å². The Hall–Kier alpha value is -0.280. The Morgan fingerprint density at radius 1 is 1.64 bits per heavy atom. The van der Waals surface area contributed by atoms with E-state index in [4.69, 9.17) is 11.6 Å². The molecule has 1 fully saturated rings. The van der Waals surface area contributed by atoms with Gasteiger partial charge in [-0.3, -0.25) is 4.79 Å². The molecular formula is C7H12ClNO2. The minimum Gasteiger partial charge on any atom is -0.469 e. The van der Waals surface area contributed by atoms with Gasteiger partial charge in [0.05, 0.1) is 18.5 Å². The molecule has 0 aliphatic carbocycles. The molecule has 3 nitrogen and oxygen atoms in total. The second kappa shape index (κ2) is 3.93. The summed E-state index contributed by atoms with van der Waals surface area (Å²) < 4.78 is 4.60. The summed E-state index contributed by atoms with van der Waals surface area (Å²) in [7, 11) is 1.41. The molecule has 0 radical (unpaired) electrons. The van der Waals surface area contributed by atoms with Crippen LogP contribution in [0.2, 0.25) is 0 Å². The van der Waals surface area contributed by atoms with Crippen molar-refractivity contribution < 1.29 is 9.53 Å². The number of hydrogen-bond donors (Lipinski definition) is 1. The second-order valence-electron chi connectivity index (χ2n) is 2.67. The number of piperidine rings is 1. The molecular weight excluding hydrogens is 166 g/mol. The number of nitrogens with one attached hydrogen (secondary N) is 1. The first-order chi connectivity index (χ1) is 5.24. The highest BCUT2D eigenvalue weighted by Crippen LogP contribution is 2.17.